The normalized spacial score (nSPS) is 26.7. The average Bonchev–Trinajstić information content (AvgIpc) is 2.84. The minimum atomic E-state index is -0.774. The van der Waals surface area contributed by atoms with Crippen molar-refractivity contribution in [3.63, 3.8) is 0 Å². The molecule has 62 valence electrons. The molecule has 1 unspecified atom stereocenters. The van der Waals surface area contributed by atoms with Crippen molar-refractivity contribution in [3.8, 4) is 0 Å². The largest absolute Gasteiger partial charge is 0.480 e. The minimum absolute atomic E-state index is 0.0173. The van der Waals surface area contributed by atoms with Gasteiger partial charge in [0.2, 0.25) is 0 Å². The molecule has 1 heterocycles. The van der Waals surface area contributed by atoms with Crippen LogP contribution in [0.25, 0.3) is 0 Å². The highest BCUT2D eigenvalue weighted by Crippen LogP contribution is 2.29. The predicted molar refractivity (Wildman–Crippen MR) is 43.7 cm³/mol. The van der Waals surface area contributed by atoms with Gasteiger partial charge in [0, 0.05) is 0 Å². The fraction of sp³-hybridized carbons (Fsp3) is 0.222. The van der Waals surface area contributed by atoms with E-state index in [9.17, 15) is 4.79 Å². The SMILES string of the molecule is O=C(O)C1N[C@H]1c1ccccc1. The second-order valence-electron chi connectivity index (χ2n) is 2.87. The molecule has 1 saturated heterocycles. The Labute approximate surface area is 70.0 Å². The first kappa shape index (κ1) is 7.31. The Morgan fingerprint density at radius 2 is 2.00 bits per heavy atom. The number of aliphatic carboxylic acids is 1. The Kier molecular flexibility index (Phi) is 1.59. The molecule has 2 N–H and O–H groups in total. The number of carbonyl (C=O) groups is 1. The van der Waals surface area contributed by atoms with Gasteiger partial charge in [0.05, 0.1) is 6.04 Å². The van der Waals surface area contributed by atoms with Crippen LogP contribution in [0.3, 0.4) is 0 Å². The number of nitrogens with one attached hydrogen (secondary N) is 1. The van der Waals surface area contributed by atoms with E-state index in [0.717, 1.165) is 5.56 Å². The van der Waals surface area contributed by atoms with Crippen LogP contribution in [0.1, 0.15) is 11.6 Å². The fourth-order valence-electron chi connectivity index (χ4n) is 1.30. The molecule has 0 amide bonds. The maximum absolute atomic E-state index is 10.5. The molecule has 0 radical (unpaired) electrons. The molecular weight excluding hydrogens is 154 g/mol. The van der Waals surface area contributed by atoms with E-state index in [-0.39, 0.29) is 12.1 Å². The lowest BCUT2D eigenvalue weighted by Gasteiger charge is -1.93. The second kappa shape index (κ2) is 2.60. The number of carboxylic acids is 1. The van der Waals surface area contributed by atoms with Gasteiger partial charge in [-0.1, -0.05) is 30.3 Å². The van der Waals surface area contributed by atoms with Gasteiger partial charge in [0.15, 0.2) is 0 Å². The summed E-state index contributed by atoms with van der Waals surface area (Å²) in [6.07, 6.45) is 0. The third-order valence-electron chi connectivity index (χ3n) is 2.01. The highest BCUT2D eigenvalue weighted by molar-refractivity contribution is 5.78. The maximum Gasteiger partial charge on any atom is 0.322 e. The number of hydrogen-bond acceptors (Lipinski definition) is 2. The quantitative estimate of drug-likeness (QED) is 0.633. The lowest BCUT2D eigenvalue weighted by molar-refractivity contribution is -0.136. The molecule has 1 aliphatic heterocycles. The van der Waals surface area contributed by atoms with Gasteiger partial charge in [-0.15, -0.1) is 0 Å². The summed E-state index contributed by atoms with van der Waals surface area (Å²) < 4.78 is 0. The smallest absolute Gasteiger partial charge is 0.322 e. The highest BCUT2D eigenvalue weighted by Gasteiger charge is 2.43. The van der Waals surface area contributed by atoms with Gasteiger partial charge in [0.25, 0.3) is 0 Å². The van der Waals surface area contributed by atoms with Crippen LogP contribution in [0, 0.1) is 0 Å². The van der Waals surface area contributed by atoms with Crippen molar-refractivity contribution in [2.75, 3.05) is 0 Å². The predicted octanol–water partition coefficient (Wildman–Crippen LogP) is 0.784. The molecule has 0 aromatic heterocycles. The van der Waals surface area contributed by atoms with Crippen molar-refractivity contribution >= 4 is 5.97 Å². The van der Waals surface area contributed by atoms with Gasteiger partial charge in [-0.05, 0) is 5.56 Å². The first-order valence-electron chi connectivity index (χ1n) is 3.83. The average molecular weight is 163 g/mol. The molecule has 0 bridgehead atoms. The molecule has 2 rings (SSSR count). The van der Waals surface area contributed by atoms with Crippen LogP contribution < -0.4 is 5.32 Å². The number of carboxylic acid groups (broad SMARTS) is 1. The number of benzene rings is 1. The zero-order chi connectivity index (χ0) is 8.55. The summed E-state index contributed by atoms with van der Waals surface area (Å²) in [5.41, 5.74) is 1.05. The highest BCUT2D eigenvalue weighted by atomic mass is 16.4. The van der Waals surface area contributed by atoms with Crippen LogP contribution in [-0.2, 0) is 4.79 Å². The standard InChI is InChI=1S/C9H9NO2/c11-9(12)8-7(10-8)6-4-2-1-3-5-6/h1-5,7-8,10H,(H,11,12)/t7-,8?/m0/s1. The third-order valence-corrected chi connectivity index (χ3v) is 2.01. The Balaban J connectivity index is 2.11. The van der Waals surface area contributed by atoms with E-state index in [1.54, 1.807) is 0 Å². The molecule has 0 spiro atoms. The monoisotopic (exact) mass is 163 g/mol. The molecular formula is C9H9NO2. The summed E-state index contributed by atoms with van der Waals surface area (Å²) >= 11 is 0. The molecule has 1 aromatic rings. The summed E-state index contributed by atoms with van der Waals surface area (Å²) in [6, 6.07) is 9.24. The number of rotatable bonds is 2. The molecule has 0 aliphatic carbocycles. The second-order valence-corrected chi connectivity index (χ2v) is 2.87. The van der Waals surface area contributed by atoms with Gasteiger partial charge < -0.3 is 5.11 Å². The first-order chi connectivity index (χ1) is 5.79. The van der Waals surface area contributed by atoms with Gasteiger partial charge in [-0.25, -0.2) is 0 Å². The van der Waals surface area contributed by atoms with E-state index in [4.69, 9.17) is 5.11 Å². The topological polar surface area (TPSA) is 59.2 Å². The van der Waals surface area contributed by atoms with Gasteiger partial charge in [-0.3, -0.25) is 10.1 Å². The zero-order valence-corrected chi connectivity index (χ0v) is 6.40. The van der Waals surface area contributed by atoms with Crippen molar-refractivity contribution in [3.05, 3.63) is 35.9 Å². The van der Waals surface area contributed by atoms with Crippen molar-refractivity contribution in [1.29, 1.82) is 0 Å². The summed E-state index contributed by atoms with van der Waals surface area (Å²) in [7, 11) is 0. The third kappa shape index (κ3) is 1.19. The van der Waals surface area contributed by atoms with E-state index in [2.05, 4.69) is 5.32 Å². The molecule has 3 nitrogen and oxygen atoms in total. The van der Waals surface area contributed by atoms with Crippen LogP contribution in [-0.4, -0.2) is 17.1 Å². The van der Waals surface area contributed by atoms with Crippen LogP contribution in [0.5, 0.6) is 0 Å². The molecule has 2 atom stereocenters. The maximum atomic E-state index is 10.5. The van der Waals surface area contributed by atoms with Gasteiger partial charge >= 0.3 is 5.97 Å². The number of hydrogen-bond donors (Lipinski definition) is 2. The van der Waals surface area contributed by atoms with Crippen molar-refractivity contribution in [1.82, 2.24) is 5.32 Å². The lowest BCUT2D eigenvalue weighted by atomic mass is 10.1. The van der Waals surface area contributed by atoms with Gasteiger partial charge in [-0.2, -0.15) is 0 Å². The summed E-state index contributed by atoms with van der Waals surface area (Å²) in [6.45, 7) is 0. The fourth-order valence-corrected chi connectivity index (χ4v) is 1.30. The van der Waals surface area contributed by atoms with Crippen molar-refractivity contribution in [2.24, 2.45) is 0 Å². The first-order valence-corrected chi connectivity index (χ1v) is 3.83. The van der Waals surface area contributed by atoms with E-state index in [0.29, 0.717) is 0 Å². The zero-order valence-electron chi connectivity index (χ0n) is 6.40. The van der Waals surface area contributed by atoms with E-state index in [1.807, 2.05) is 30.3 Å². The van der Waals surface area contributed by atoms with E-state index in [1.165, 1.54) is 0 Å². The molecule has 12 heavy (non-hydrogen) atoms. The molecule has 1 fully saturated rings. The van der Waals surface area contributed by atoms with Gasteiger partial charge in [0.1, 0.15) is 6.04 Å². The van der Waals surface area contributed by atoms with Crippen molar-refractivity contribution in [2.45, 2.75) is 12.1 Å². The Hall–Kier alpha value is -1.35. The summed E-state index contributed by atoms with van der Waals surface area (Å²) in [5, 5.41) is 11.5. The van der Waals surface area contributed by atoms with Crippen molar-refractivity contribution < 1.29 is 9.90 Å². The Morgan fingerprint density at radius 1 is 1.33 bits per heavy atom. The lowest BCUT2D eigenvalue weighted by Crippen LogP contribution is -2.07. The molecule has 1 aliphatic rings. The molecule has 0 saturated carbocycles. The summed E-state index contributed by atoms with van der Waals surface area (Å²) in [5.74, 6) is -0.774. The summed E-state index contributed by atoms with van der Waals surface area (Å²) in [4.78, 5) is 10.5. The molecule has 3 heteroatoms. The van der Waals surface area contributed by atoms with E-state index >= 15 is 0 Å². The Morgan fingerprint density at radius 3 is 2.50 bits per heavy atom. The van der Waals surface area contributed by atoms with Crippen LogP contribution in [0.15, 0.2) is 30.3 Å². The van der Waals surface area contributed by atoms with E-state index < -0.39 is 5.97 Å². The van der Waals surface area contributed by atoms with Crippen LogP contribution in [0.4, 0.5) is 0 Å². The minimum Gasteiger partial charge on any atom is -0.480 e. The van der Waals surface area contributed by atoms with Crippen LogP contribution in [0.2, 0.25) is 0 Å². The van der Waals surface area contributed by atoms with Crippen LogP contribution >= 0.6 is 0 Å². The molecule has 1 aromatic carbocycles. The Bertz CT molecular complexity index is 297.